The van der Waals surface area contributed by atoms with Gasteiger partial charge in [0.15, 0.2) is 5.65 Å². The number of carbonyl (C=O) groups excluding carboxylic acids is 1. The molecule has 3 N–H and O–H groups in total. The van der Waals surface area contributed by atoms with E-state index in [9.17, 15) is 13.2 Å². The molecule has 1 amide bonds. The van der Waals surface area contributed by atoms with Gasteiger partial charge in [-0.25, -0.2) is 13.4 Å². The number of nitrogens with zero attached hydrogens (tertiary/aromatic N) is 2. The average molecular weight is 514 g/mol. The molecular formula is C24H24ClN5O4S. The van der Waals surface area contributed by atoms with Crippen molar-refractivity contribution >= 4 is 44.4 Å². The van der Waals surface area contributed by atoms with Crippen molar-refractivity contribution in [3.8, 4) is 23.0 Å². The zero-order chi connectivity index (χ0) is 25.4. The van der Waals surface area contributed by atoms with E-state index in [2.05, 4.69) is 25.0 Å². The Morgan fingerprint density at radius 1 is 1.09 bits per heavy atom. The number of carbonyl (C=O) groups is 1. The molecule has 0 aliphatic heterocycles. The van der Waals surface area contributed by atoms with E-state index in [1.54, 1.807) is 42.5 Å². The fourth-order valence-corrected chi connectivity index (χ4v) is 4.47. The van der Waals surface area contributed by atoms with E-state index >= 15 is 0 Å². The minimum Gasteiger partial charge on any atom is -0.426 e. The Balaban J connectivity index is 1.59. The number of rotatable bonds is 7. The van der Waals surface area contributed by atoms with Crippen LogP contribution in [0.4, 0.5) is 5.69 Å². The van der Waals surface area contributed by atoms with Crippen LogP contribution < -0.4 is 14.8 Å². The Bertz CT molecular complexity index is 1510. The number of nitrogens with one attached hydrogen (secondary N) is 3. The number of amides is 1. The van der Waals surface area contributed by atoms with E-state index in [4.69, 9.17) is 16.3 Å². The number of H-pyrrole nitrogens is 1. The van der Waals surface area contributed by atoms with Crippen LogP contribution in [0.25, 0.3) is 22.4 Å². The molecule has 0 saturated carbocycles. The van der Waals surface area contributed by atoms with E-state index in [1.807, 2.05) is 26.0 Å². The highest BCUT2D eigenvalue weighted by atomic mass is 35.5. The first kappa shape index (κ1) is 24.5. The van der Waals surface area contributed by atoms with E-state index in [1.165, 1.54) is 6.92 Å². The maximum atomic E-state index is 11.6. The molecule has 2 aromatic heterocycles. The Hall–Kier alpha value is -3.63. The van der Waals surface area contributed by atoms with Gasteiger partial charge in [-0.3, -0.25) is 9.52 Å². The zero-order valence-electron chi connectivity index (χ0n) is 19.5. The molecule has 4 rings (SSSR count). The zero-order valence-corrected chi connectivity index (χ0v) is 21.1. The van der Waals surface area contributed by atoms with Crippen LogP contribution in [0.15, 0.2) is 54.6 Å². The number of sulfonamides is 1. The fraction of sp³-hybridized carbons (Fsp3) is 0.208. The smallest absolute Gasteiger partial charge is 0.301 e. The van der Waals surface area contributed by atoms with Gasteiger partial charge in [-0.05, 0) is 49.7 Å². The summed E-state index contributed by atoms with van der Waals surface area (Å²) in [5, 5.41) is 3.28. The van der Waals surface area contributed by atoms with Gasteiger partial charge >= 0.3 is 6.01 Å². The standard InChI is InChI=1S/C24H24ClN5O4S/c1-14(31)29-24(2,3)16-8-10-18(11-9-16)34-23-26-20-13-19(25)21(27-22(20)28-23)15-6-5-7-17(12-15)30-35(4,32)33/h5-13,30H,1-4H3,(H,29,31)(H,26,27,28). The first-order valence-corrected chi connectivity index (χ1v) is 12.9. The third kappa shape index (κ3) is 5.90. The predicted octanol–water partition coefficient (Wildman–Crippen LogP) is 4.81. The molecule has 4 aromatic rings. The average Bonchev–Trinajstić information content (AvgIpc) is 3.12. The number of aromatic nitrogens is 3. The number of halogens is 1. The van der Waals surface area contributed by atoms with Gasteiger partial charge in [0.05, 0.1) is 28.0 Å². The summed E-state index contributed by atoms with van der Waals surface area (Å²) in [7, 11) is -3.42. The van der Waals surface area contributed by atoms with E-state index in [0.717, 1.165) is 11.8 Å². The lowest BCUT2D eigenvalue weighted by Gasteiger charge is -2.26. The number of imidazole rings is 1. The van der Waals surface area contributed by atoms with Gasteiger partial charge in [0, 0.05) is 18.2 Å². The number of ether oxygens (including phenoxy) is 1. The third-order valence-corrected chi connectivity index (χ3v) is 6.02. The predicted molar refractivity (Wildman–Crippen MR) is 136 cm³/mol. The lowest BCUT2D eigenvalue weighted by atomic mass is 9.94. The minimum absolute atomic E-state index is 0.110. The molecule has 0 radical (unpaired) electrons. The molecule has 0 aliphatic carbocycles. The molecular weight excluding hydrogens is 490 g/mol. The second-order valence-corrected chi connectivity index (χ2v) is 10.8. The first-order chi connectivity index (χ1) is 16.4. The van der Waals surface area contributed by atoms with Crippen LogP contribution in [0.2, 0.25) is 5.02 Å². The second-order valence-electron chi connectivity index (χ2n) is 8.62. The van der Waals surface area contributed by atoms with Crippen molar-refractivity contribution in [1.29, 1.82) is 0 Å². The molecule has 2 aromatic carbocycles. The van der Waals surface area contributed by atoms with Crippen LogP contribution in [-0.2, 0) is 20.4 Å². The van der Waals surface area contributed by atoms with Crippen molar-refractivity contribution < 1.29 is 17.9 Å². The number of hydrogen-bond donors (Lipinski definition) is 3. The Morgan fingerprint density at radius 2 is 1.80 bits per heavy atom. The van der Waals surface area contributed by atoms with Crippen LogP contribution in [0.5, 0.6) is 11.8 Å². The van der Waals surface area contributed by atoms with E-state index in [-0.39, 0.29) is 11.9 Å². The van der Waals surface area contributed by atoms with Gasteiger partial charge in [-0.15, -0.1) is 0 Å². The van der Waals surface area contributed by atoms with Crippen molar-refractivity contribution in [2.45, 2.75) is 26.3 Å². The molecule has 0 unspecified atom stereocenters. The van der Waals surface area contributed by atoms with Crippen molar-refractivity contribution in [2.75, 3.05) is 11.0 Å². The summed E-state index contributed by atoms with van der Waals surface area (Å²) in [6.07, 6.45) is 1.08. The highest BCUT2D eigenvalue weighted by Gasteiger charge is 2.21. The van der Waals surface area contributed by atoms with Crippen molar-refractivity contribution in [1.82, 2.24) is 20.3 Å². The van der Waals surface area contributed by atoms with Crippen LogP contribution >= 0.6 is 11.6 Å². The number of aromatic amines is 1. The number of pyridine rings is 1. The van der Waals surface area contributed by atoms with Crippen molar-refractivity contribution in [3.63, 3.8) is 0 Å². The molecule has 0 spiro atoms. The summed E-state index contributed by atoms with van der Waals surface area (Å²) in [6, 6.07) is 16.0. The number of benzene rings is 2. The largest absolute Gasteiger partial charge is 0.426 e. The summed E-state index contributed by atoms with van der Waals surface area (Å²) in [6.45, 7) is 5.32. The molecule has 0 saturated heterocycles. The van der Waals surface area contributed by atoms with Gasteiger partial charge in [0.1, 0.15) is 5.75 Å². The first-order valence-electron chi connectivity index (χ1n) is 10.6. The van der Waals surface area contributed by atoms with E-state index in [0.29, 0.717) is 38.9 Å². The van der Waals surface area contributed by atoms with Gasteiger partial charge in [-0.1, -0.05) is 35.9 Å². The maximum absolute atomic E-state index is 11.6. The van der Waals surface area contributed by atoms with Crippen molar-refractivity contribution in [2.24, 2.45) is 0 Å². The molecule has 35 heavy (non-hydrogen) atoms. The maximum Gasteiger partial charge on any atom is 0.301 e. The SMILES string of the molecule is CC(=O)NC(C)(C)c1ccc(Oc2nc3nc(-c4cccc(NS(C)(=O)=O)c4)c(Cl)cc3[nH]2)cc1. The monoisotopic (exact) mass is 513 g/mol. The third-order valence-electron chi connectivity index (χ3n) is 5.12. The quantitative estimate of drug-likeness (QED) is 0.325. The lowest BCUT2D eigenvalue weighted by molar-refractivity contribution is -0.120. The van der Waals surface area contributed by atoms with Gasteiger partial charge in [-0.2, -0.15) is 4.98 Å². The van der Waals surface area contributed by atoms with Gasteiger partial charge in [0.2, 0.25) is 15.9 Å². The lowest BCUT2D eigenvalue weighted by Crippen LogP contribution is -2.39. The van der Waals surface area contributed by atoms with Crippen LogP contribution in [0.1, 0.15) is 26.3 Å². The summed E-state index contributed by atoms with van der Waals surface area (Å²) in [5.41, 5.74) is 2.88. The molecule has 0 aliphatic rings. The summed E-state index contributed by atoms with van der Waals surface area (Å²) < 4.78 is 31.4. The minimum atomic E-state index is -3.42. The topological polar surface area (TPSA) is 126 Å². The van der Waals surface area contributed by atoms with Gasteiger partial charge in [0.25, 0.3) is 0 Å². The molecule has 11 heteroatoms. The van der Waals surface area contributed by atoms with E-state index < -0.39 is 15.6 Å². The molecule has 2 heterocycles. The number of hydrogen-bond acceptors (Lipinski definition) is 6. The number of fused-ring (bicyclic) bond motifs is 1. The highest BCUT2D eigenvalue weighted by Crippen LogP contribution is 2.32. The molecule has 0 bridgehead atoms. The molecule has 0 fully saturated rings. The molecule has 182 valence electrons. The highest BCUT2D eigenvalue weighted by molar-refractivity contribution is 7.92. The van der Waals surface area contributed by atoms with Crippen LogP contribution in [0, 0.1) is 0 Å². The molecule has 9 nitrogen and oxygen atoms in total. The summed E-state index contributed by atoms with van der Waals surface area (Å²) in [4.78, 5) is 23.5. The summed E-state index contributed by atoms with van der Waals surface area (Å²) >= 11 is 6.47. The normalized spacial score (nSPS) is 11.9. The Labute approximate surface area is 208 Å². The number of anilines is 1. The summed E-state index contributed by atoms with van der Waals surface area (Å²) in [5.74, 6) is 0.443. The fourth-order valence-electron chi connectivity index (χ4n) is 3.65. The van der Waals surface area contributed by atoms with Crippen LogP contribution in [-0.4, -0.2) is 35.5 Å². The molecule has 0 atom stereocenters. The van der Waals surface area contributed by atoms with Gasteiger partial charge < -0.3 is 15.0 Å². The Morgan fingerprint density at radius 3 is 2.46 bits per heavy atom. The second kappa shape index (κ2) is 9.20. The van der Waals surface area contributed by atoms with Crippen LogP contribution in [0.3, 0.4) is 0 Å². The van der Waals surface area contributed by atoms with Crippen molar-refractivity contribution in [3.05, 3.63) is 65.2 Å². The Kier molecular flexibility index (Phi) is 6.44.